The number of nitro groups is 1. The van der Waals surface area contributed by atoms with Crippen LogP contribution in [0.3, 0.4) is 0 Å². The van der Waals surface area contributed by atoms with Gasteiger partial charge in [-0.1, -0.05) is 12.1 Å². The maximum Gasteiger partial charge on any atom is 0.342 e. The minimum atomic E-state index is -0.483. The minimum Gasteiger partial charge on any atom is -0.493 e. The van der Waals surface area contributed by atoms with Crippen LogP contribution in [0.1, 0.15) is 11.4 Å². The number of methoxy groups -OCH3 is 2. The van der Waals surface area contributed by atoms with E-state index in [2.05, 4.69) is 21.4 Å². The second-order valence-electron chi connectivity index (χ2n) is 9.00. The largest absolute Gasteiger partial charge is 0.493 e. The molecule has 12 nitrogen and oxygen atoms in total. The van der Waals surface area contributed by atoms with Crippen molar-refractivity contribution >= 4 is 28.1 Å². The number of nitrogens with zero attached hydrogens (tertiary/aromatic N) is 5. The van der Waals surface area contributed by atoms with Gasteiger partial charge in [-0.2, -0.15) is 5.26 Å². The molecule has 212 valence electrons. The van der Waals surface area contributed by atoms with Gasteiger partial charge in [0.15, 0.2) is 28.8 Å². The first-order valence-corrected chi connectivity index (χ1v) is 12.8. The van der Waals surface area contributed by atoms with Gasteiger partial charge in [-0.3, -0.25) is 4.98 Å². The molecule has 42 heavy (non-hydrogen) atoms. The quantitative estimate of drug-likeness (QED) is 0.146. The van der Waals surface area contributed by atoms with Gasteiger partial charge in [0, 0.05) is 30.3 Å². The third kappa shape index (κ3) is 5.71. The Morgan fingerprint density at radius 2 is 1.71 bits per heavy atom. The molecule has 0 aliphatic carbocycles. The van der Waals surface area contributed by atoms with Crippen molar-refractivity contribution in [2.45, 2.75) is 13.5 Å². The Bertz CT molecular complexity index is 1800. The lowest BCUT2D eigenvalue weighted by atomic mass is 10.1. The molecule has 0 amide bonds. The lowest BCUT2D eigenvalue weighted by molar-refractivity contribution is -0.392. The zero-order valence-corrected chi connectivity index (χ0v) is 23.0. The molecule has 1 N–H and O–H groups in total. The van der Waals surface area contributed by atoms with Crippen molar-refractivity contribution in [3.05, 3.63) is 94.6 Å². The maximum atomic E-state index is 11.3. The molecular formula is C30H26N6O6. The highest BCUT2D eigenvalue weighted by Gasteiger charge is 2.19. The Hall–Kier alpha value is -5.83. The summed E-state index contributed by atoms with van der Waals surface area (Å²) >= 11 is 0. The van der Waals surface area contributed by atoms with Crippen LogP contribution in [0.2, 0.25) is 0 Å². The van der Waals surface area contributed by atoms with Crippen molar-refractivity contribution in [1.29, 1.82) is 5.26 Å². The molecule has 2 heterocycles. The molecule has 0 atom stereocenters. The molecule has 3 aromatic carbocycles. The van der Waals surface area contributed by atoms with Crippen molar-refractivity contribution in [3.8, 4) is 34.8 Å². The number of hydrogen-bond donors (Lipinski definition) is 1. The fourth-order valence-electron chi connectivity index (χ4n) is 4.40. The maximum absolute atomic E-state index is 11.3. The molecule has 5 rings (SSSR count). The number of benzene rings is 3. The van der Waals surface area contributed by atoms with E-state index in [0.717, 1.165) is 5.69 Å². The zero-order valence-electron chi connectivity index (χ0n) is 23.0. The molecule has 0 bridgehead atoms. The molecule has 5 aromatic rings. The molecular weight excluding hydrogens is 540 g/mol. The van der Waals surface area contributed by atoms with Crippen LogP contribution in [0.5, 0.6) is 28.7 Å². The van der Waals surface area contributed by atoms with E-state index in [4.69, 9.17) is 18.9 Å². The molecule has 0 aliphatic rings. The SMILES string of the molecule is COc1cc2c(Nc3ccc(Oc4ccccc4OC)cc3)c(C#N)cnc2cc1OCCn1c([N+](=O)[O-])cnc1C. The van der Waals surface area contributed by atoms with Gasteiger partial charge in [0.05, 0.1) is 31.0 Å². The van der Waals surface area contributed by atoms with Gasteiger partial charge in [0.25, 0.3) is 0 Å². The van der Waals surface area contributed by atoms with E-state index in [0.29, 0.717) is 56.7 Å². The molecule has 0 aliphatic heterocycles. The van der Waals surface area contributed by atoms with Crippen molar-refractivity contribution in [2.24, 2.45) is 0 Å². The molecule has 0 fully saturated rings. The van der Waals surface area contributed by atoms with Gasteiger partial charge in [-0.25, -0.2) is 9.55 Å². The van der Waals surface area contributed by atoms with Crippen LogP contribution in [0.15, 0.2) is 73.1 Å². The number of fused-ring (bicyclic) bond motifs is 1. The highest BCUT2D eigenvalue weighted by molar-refractivity contribution is 5.97. The predicted octanol–water partition coefficient (Wildman–Crippen LogP) is 6.15. The summed E-state index contributed by atoms with van der Waals surface area (Å²) in [5, 5.41) is 25.1. The summed E-state index contributed by atoms with van der Waals surface area (Å²) in [5.74, 6) is 3.06. The normalized spacial score (nSPS) is 10.6. The molecule has 0 radical (unpaired) electrons. The number of imidazole rings is 1. The van der Waals surface area contributed by atoms with Crippen LogP contribution in [-0.4, -0.2) is 40.3 Å². The minimum absolute atomic E-state index is 0.109. The van der Waals surface area contributed by atoms with Crippen LogP contribution in [0.25, 0.3) is 10.9 Å². The number of anilines is 2. The fraction of sp³-hybridized carbons (Fsp3) is 0.167. The number of nitriles is 1. The van der Waals surface area contributed by atoms with E-state index in [1.54, 1.807) is 26.2 Å². The van der Waals surface area contributed by atoms with Gasteiger partial charge in [-0.15, -0.1) is 0 Å². The first kappa shape index (κ1) is 27.7. The number of rotatable bonds is 11. The number of ether oxygens (including phenoxy) is 4. The van der Waals surface area contributed by atoms with Crippen LogP contribution in [0.4, 0.5) is 17.2 Å². The monoisotopic (exact) mass is 566 g/mol. The van der Waals surface area contributed by atoms with E-state index < -0.39 is 4.92 Å². The summed E-state index contributed by atoms with van der Waals surface area (Å²) in [6, 6.07) is 20.3. The lowest BCUT2D eigenvalue weighted by Gasteiger charge is -2.16. The summed E-state index contributed by atoms with van der Waals surface area (Å²) < 4.78 is 24.3. The van der Waals surface area contributed by atoms with Crippen molar-refractivity contribution in [1.82, 2.24) is 14.5 Å². The van der Waals surface area contributed by atoms with E-state index in [-0.39, 0.29) is 19.0 Å². The van der Waals surface area contributed by atoms with Crippen molar-refractivity contribution in [3.63, 3.8) is 0 Å². The molecule has 2 aromatic heterocycles. The molecule has 0 spiro atoms. The molecule has 0 saturated heterocycles. The standard InChI is InChI=1S/C30H26N6O6/c1-19-32-18-29(36(37)38)35(19)12-13-41-28-15-24-23(14-27(28)40-3)30(20(16-31)17-33-24)34-21-8-10-22(11-9-21)42-26-7-5-4-6-25(26)39-2/h4-11,14-15,17-18H,12-13H2,1-3H3,(H,33,34). The summed E-state index contributed by atoms with van der Waals surface area (Å²) in [6.45, 7) is 2.04. The van der Waals surface area contributed by atoms with Crippen LogP contribution in [-0.2, 0) is 6.54 Å². The van der Waals surface area contributed by atoms with Gasteiger partial charge in [0.2, 0.25) is 0 Å². The number of hydrogen-bond acceptors (Lipinski definition) is 10. The molecule has 0 unspecified atom stereocenters. The second kappa shape index (κ2) is 12.1. The van der Waals surface area contributed by atoms with Crippen molar-refractivity contribution < 1.29 is 23.9 Å². The lowest BCUT2D eigenvalue weighted by Crippen LogP contribution is -2.12. The Morgan fingerprint density at radius 1 is 0.976 bits per heavy atom. The van der Waals surface area contributed by atoms with Crippen LogP contribution < -0.4 is 24.3 Å². The first-order chi connectivity index (χ1) is 20.4. The Balaban J connectivity index is 1.38. The molecule has 0 saturated carbocycles. The van der Waals surface area contributed by atoms with Crippen LogP contribution in [0, 0.1) is 28.4 Å². The zero-order chi connectivity index (χ0) is 29.6. The van der Waals surface area contributed by atoms with Crippen molar-refractivity contribution in [2.75, 3.05) is 26.1 Å². The molecule has 12 heteroatoms. The average Bonchev–Trinajstić information content (AvgIpc) is 3.38. The van der Waals surface area contributed by atoms with Crippen LogP contribution >= 0.6 is 0 Å². The Labute approximate surface area is 240 Å². The van der Waals surface area contributed by atoms with Gasteiger partial charge < -0.3 is 34.4 Å². The Morgan fingerprint density at radius 3 is 2.40 bits per heavy atom. The highest BCUT2D eigenvalue weighted by Crippen LogP contribution is 2.38. The average molecular weight is 567 g/mol. The van der Waals surface area contributed by atoms with Gasteiger partial charge in [-0.05, 0) is 47.4 Å². The van der Waals surface area contributed by atoms with Gasteiger partial charge >= 0.3 is 5.82 Å². The summed E-state index contributed by atoms with van der Waals surface area (Å²) in [5.41, 5.74) is 2.18. The number of nitrogens with one attached hydrogen (secondary N) is 1. The van der Waals surface area contributed by atoms with E-state index in [9.17, 15) is 15.4 Å². The highest BCUT2D eigenvalue weighted by atomic mass is 16.6. The third-order valence-electron chi connectivity index (χ3n) is 6.49. The first-order valence-electron chi connectivity index (χ1n) is 12.8. The topological polar surface area (TPSA) is 147 Å². The summed E-state index contributed by atoms with van der Waals surface area (Å²) in [6.07, 6.45) is 2.70. The second-order valence-corrected chi connectivity index (χ2v) is 9.00. The predicted molar refractivity (Wildman–Crippen MR) is 155 cm³/mol. The number of pyridine rings is 1. The van der Waals surface area contributed by atoms with Gasteiger partial charge in [0.1, 0.15) is 31.2 Å². The Kier molecular flexibility index (Phi) is 8.01. The van der Waals surface area contributed by atoms with E-state index in [1.807, 2.05) is 48.5 Å². The smallest absolute Gasteiger partial charge is 0.342 e. The third-order valence-corrected chi connectivity index (χ3v) is 6.49. The summed E-state index contributed by atoms with van der Waals surface area (Å²) in [4.78, 5) is 19.3. The number of para-hydroxylation sites is 2. The van der Waals surface area contributed by atoms with E-state index >= 15 is 0 Å². The summed E-state index contributed by atoms with van der Waals surface area (Å²) in [7, 11) is 3.09. The fourth-order valence-corrected chi connectivity index (χ4v) is 4.40. The number of aromatic nitrogens is 3. The van der Waals surface area contributed by atoms with E-state index in [1.165, 1.54) is 24.1 Å². The number of aryl methyl sites for hydroxylation is 1.